The zero-order valence-electron chi connectivity index (χ0n) is 12.4. The van der Waals surface area contributed by atoms with Crippen LogP contribution in [0.1, 0.15) is 32.3 Å². The Hall–Kier alpha value is -1.80. The summed E-state index contributed by atoms with van der Waals surface area (Å²) in [6, 6.07) is 0. The molecule has 0 fully saturated rings. The lowest BCUT2D eigenvalue weighted by atomic mass is 9.90. The number of nitrogens with zero attached hydrogens (tertiary/aromatic N) is 3. The zero-order chi connectivity index (χ0) is 15.6. The molecule has 2 N–H and O–H groups in total. The minimum atomic E-state index is -0.300. The van der Waals surface area contributed by atoms with Gasteiger partial charge >= 0.3 is 0 Å². The fourth-order valence-corrected chi connectivity index (χ4v) is 2.64. The predicted octanol–water partition coefficient (Wildman–Crippen LogP) is 2.02. The van der Waals surface area contributed by atoms with Gasteiger partial charge in [0.25, 0.3) is 5.89 Å². The average Bonchev–Trinajstić information content (AvgIpc) is 2.95. The number of carbonyl (C=O) groups excluding carboxylic acids is 1. The van der Waals surface area contributed by atoms with Gasteiger partial charge in [-0.15, -0.1) is 0 Å². The number of thiazole rings is 1. The third-order valence-corrected chi connectivity index (χ3v) is 3.87. The number of hydrogen-bond acceptors (Lipinski definition) is 7. The Bertz CT molecular complexity index is 648. The first-order valence-electron chi connectivity index (χ1n) is 6.49. The summed E-state index contributed by atoms with van der Waals surface area (Å²) in [6.07, 6.45) is 0.517. The number of aliphatic hydroxyl groups is 1. The van der Waals surface area contributed by atoms with E-state index in [4.69, 9.17) is 4.52 Å². The molecule has 2 heterocycles. The highest BCUT2D eigenvalue weighted by molar-refractivity contribution is 7.19. The molecule has 21 heavy (non-hydrogen) atoms. The minimum absolute atomic E-state index is 0.0448. The van der Waals surface area contributed by atoms with Gasteiger partial charge in [0.1, 0.15) is 4.88 Å². The second-order valence-corrected chi connectivity index (χ2v) is 6.63. The largest absolute Gasteiger partial charge is 0.396 e. The highest BCUT2D eigenvalue weighted by atomic mass is 32.1. The van der Waals surface area contributed by atoms with E-state index < -0.39 is 0 Å². The van der Waals surface area contributed by atoms with Crippen LogP contribution in [0.4, 0.5) is 5.13 Å². The summed E-state index contributed by atoms with van der Waals surface area (Å²) in [5.74, 6) is 0.745. The number of hydrogen-bond donors (Lipinski definition) is 2. The smallest absolute Gasteiger partial charge is 0.269 e. The van der Waals surface area contributed by atoms with Crippen molar-refractivity contribution in [2.75, 3.05) is 11.9 Å². The highest BCUT2D eigenvalue weighted by Crippen LogP contribution is 2.32. The predicted molar refractivity (Wildman–Crippen MR) is 79.0 cm³/mol. The van der Waals surface area contributed by atoms with Crippen molar-refractivity contribution in [3.63, 3.8) is 0 Å². The van der Waals surface area contributed by atoms with E-state index in [0.29, 0.717) is 23.3 Å². The Balaban J connectivity index is 2.21. The Kier molecular flexibility index (Phi) is 4.38. The number of carbonyl (C=O) groups is 1. The van der Waals surface area contributed by atoms with E-state index in [2.05, 4.69) is 20.4 Å². The van der Waals surface area contributed by atoms with E-state index in [-0.39, 0.29) is 17.9 Å². The van der Waals surface area contributed by atoms with Gasteiger partial charge in [-0.3, -0.25) is 4.79 Å². The van der Waals surface area contributed by atoms with Crippen molar-refractivity contribution in [3.8, 4) is 10.8 Å². The Labute approximate surface area is 126 Å². The summed E-state index contributed by atoms with van der Waals surface area (Å²) in [5.41, 5.74) is 0.422. The standard InChI is InChI=1S/C13H18N4O3S/c1-7-10(21-12(14-7)15-8(2)19)11-16-9(17-20-11)5-13(3,4)6-18/h18H,5-6H2,1-4H3,(H,14,15,19). The summed E-state index contributed by atoms with van der Waals surface area (Å²) in [5, 5.41) is 16.3. The van der Waals surface area contributed by atoms with Gasteiger partial charge in [0, 0.05) is 20.0 Å². The van der Waals surface area contributed by atoms with E-state index in [9.17, 15) is 9.90 Å². The monoisotopic (exact) mass is 310 g/mol. The maximum Gasteiger partial charge on any atom is 0.269 e. The molecule has 0 unspecified atom stereocenters. The number of rotatable bonds is 5. The minimum Gasteiger partial charge on any atom is -0.396 e. The van der Waals surface area contributed by atoms with Crippen LogP contribution in [0.15, 0.2) is 4.52 Å². The third kappa shape index (κ3) is 3.85. The fourth-order valence-electron chi connectivity index (χ4n) is 1.70. The molecule has 0 aliphatic carbocycles. The highest BCUT2D eigenvalue weighted by Gasteiger charge is 2.22. The third-order valence-electron chi connectivity index (χ3n) is 2.81. The van der Waals surface area contributed by atoms with Gasteiger partial charge in [-0.2, -0.15) is 4.98 Å². The molecule has 0 saturated carbocycles. The van der Waals surface area contributed by atoms with Crippen molar-refractivity contribution >= 4 is 22.4 Å². The summed E-state index contributed by atoms with van der Waals surface area (Å²) in [4.78, 5) is 20.4. The normalized spacial score (nSPS) is 11.7. The van der Waals surface area contributed by atoms with Gasteiger partial charge in [0.2, 0.25) is 5.91 Å². The molecule has 7 nitrogen and oxygen atoms in total. The van der Waals surface area contributed by atoms with Gasteiger partial charge in [0.15, 0.2) is 11.0 Å². The molecular weight excluding hydrogens is 292 g/mol. The quantitative estimate of drug-likeness (QED) is 0.876. The molecule has 1 amide bonds. The number of nitrogens with one attached hydrogen (secondary N) is 1. The van der Waals surface area contributed by atoms with Crippen LogP contribution in [0.5, 0.6) is 0 Å². The van der Waals surface area contributed by atoms with Crippen molar-refractivity contribution in [2.45, 2.75) is 34.1 Å². The molecule has 0 aromatic carbocycles. The molecule has 8 heteroatoms. The topological polar surface area (TPSA) is 101 Å². The van der Waals surface area contributed by atoms with E-state index in [0.717, 1.165) is 10.6 Å². The molecule has 2 rings (SSSR count). The maximum atomic E-state index is 11.0. The Morgan fingerprint density at radius 1 is 1.43 bits per heavy atom. The number of aryl methyl sites for hydroxylation is 1. The van der Waals surface area contributed by atoms with Crippen LogP contribution in [-0.4, -0.2) is 32.7 Å². The van der Waals surface area contributed by atoms with Crippen LogP contribution in [-0.2, 0) is 11.2 Å². The van der Waals surface area contributed by atoms with Crippen molar-refractivity contribution < 1.29 is 14.4 Å². The molecular formula is C13H18N4O3S. The molecule has 0 radical (unpaired) electrons. The van der Waals surface area contributed by atoms with E-state index >= 15 is 0 Å². The lowest BCUT2D eigenvalue weighted by Crippen LogP contribution is -2.20. The van der Waals surface area contributed by atoms with E-state index in [1.54, 1.807) is 0 Å². The van der Waals surface area contributed by atoms with Crippen molar-refractivity contribution in [1.82, 2.24) is 15.1 Å². The van der Waals surface area contributed by atoms with Crippen LogP contribution in [0.3, 0.4) is 0 Å². The number of anilines is 1. The number of amides is 1. The maximum absolute atomic E-state index is 11.0. The van der Waals surface area contributed by atoms with Crippen LogP contribution in [0.2, 0.25) is 0 Å². The SMILES string of the molecule is CC(=O)Nc1nc(C)c(-c2nc(CC(C)(C)CO)no2)s1. The molecule has 114 valence electrons. The van der Waals surface area contributed by atoms with E-state index in [1.807, 2.05) is 20.8 Å². The lowest BCUT2D eigenvalue weighted by Gasteiger charge is -2.18. The fraction of sp³-hybridized carbons (Fsp3) is 0.538. The molecule has 0 saturated heterocycles. The number of aliphatic hydroxyl groups excluding tert-OH is 1. The first-order chi connectivity index (χ1) is 9.80. The average molecular weight is 310 g/mol. The van der Waals surface area contributed by atoms with E-state index in [1.165, 1.54) is 18.3 Å². The second kappa shape index (κ2) is 5.90. The van der Waals surface area contributed by atoms with Gasteiger partial charge in [-0.25, -0.2) is 4.98 Å². The Morgan fingerprint density at radius 3 is 2.76 bits per heavy atom. The van der Waals surface area contributed by atoms with Gasteiger partial charge < -0.3 is 14.9 Å². The molecule has 0 spiro atoms. The zero-order valence-corrected chi connectivity index (χ0v) is 13.2. The molecule has 0 atom stereocenters. The summed E-state index contributed by atoms with van der Waals surface area (Å²) in [7, 11) is 0. The van der Waals surface area contributed by atoms with Gasteiger partial charge in [0.05, 0.1) is 5.69 Å². The number of aromatic nitrogens is 3. The Morgan fingerprint density at radius 2 is 2.14 bits per heavy atom. The van der Waals surface area contributed by atoms with Crippen molar-refractivity contribution in [2.24, 2.45) is 5.41 Å². The van der Waals surface area contributed by atoms with Gasteiger partial charge in [-0.1, -0.05) is 30.3 Å². The van der Waals surface area contributed by atoms with Crippen LogP contribution in [0, 0.1) is 12.3 Å². The molecule has 2 aromatic rings. The molecule has 2 aromatic heterocycles. The van der Waals surface area contributed by atoms with Crippen LogP contribution < -0.4 is 5.32 Å². The molecule has 0 aliphatic heterocycles. The van der Waals surface area contributed by atoms with Crippen LogP contribution in [0.25, 0.3) is 10.8 Å². The summed E-state index contributed by atoms with van der Waals surface area (Å²) >= 11 is 1.29. The first-order valence-corrected chi connectivity index (χ1v) is 7.31. The van der Waals surface area contributed by atoms with Crippen LogP contribution >= 0.6 is 11.3 Å². The molecule has 0 aliphatic rings. The van der Waals surface area contributed by atoms with Crippen molar-refractivity contribution in [3.05, 3.63) is 11.5 Å². The molecule has 0 bridgehead atoms. The lowest BCUT2D eigenvalue weighted by molar-refractivity contribution is -0.114. The van der Waals surface area contributed by atoms with Gasteiger partial charge in [-0.05, 0) is 12.3 Å². The first kappa shape index (κ1) is 15.6. The summed E-state index contributed by atoms with van der Waals surface area (Å²) < 4.78 is 5.26. The van der Waals surface area contributed by atoms with Crippen molar-refractivity contribution in [1.29, 1.82) is 0 Å². The second-order valence-electron chi connectivity index (χ2n) is 5.63. The summed E-state index contributed by atoms with van der Waals surface area (Å²) in [6.45, 7) is 7.14.